The first-order chi connectivity index (χ1) is 12.0. The van der Waals surface area contributed by atoms with Crippen molar-refractivity contribution < 1.29 is 13.2 Å². The van der Waals surface area contributed by atoms with E-state index in [1.54, 1.807) is 6.08 Å². The number of allylic oxidation sites excluding steroid dienone is 1. The number of amides is 1. The van der Waals surface area contributed by atoms with Gasteiger partial charge in [-0.05, 0) is 25.0 Å². The van der Waals surface area contributed by atoms with Crippen LogP contribution in [0.25, 0.3) is 5.65 Å². The number of hydrogen-bond acceptors (Lipinski definition) is 5. The topological polar surface area (TPSA) is 84.6 Å². The lowest BCUT2D eigenvalue weighted by atomic mass is 9.95. The standard InChI is InChI=1S/C17H20N4O3S/c22-16(11-13-6-10-25(23,24)12-13)20-8-4-14(5-9-20)17-19-18-15-3-1-2-7-21(15)17/h1-3,6-7,10,13-14H,4-5,8-9,11-12H2/t13-/m0/s1. The quantitative estimate of drug-likeness (QED) is 0.826. The van der Waals surface area contributed by atoms with E-state index >= 15 is 0 Å². The van der Waals surface area contributed by atoms with Crippen molar-refractivity contribution in [3.8, 4) is 0 Å². The summed E-state index contributed by atoms with van der Waals surface area (Å²) in [5.74, 6) is 1.15. The average Bonchev–Trinajstić information content (AvgIpc) is 3.18. The smallest absolute Gasteiger partial charge is 0.223 e. The summed E-state index contributed by atoms with van der Waals surface area (Å²) in [5.41, 5.74) is 0.838. The minimum atomic E-state index is -3.10. The molecular formula is C17H20N4O3S. The molecular weight excluding hydrogens is 340 g/mol. The van der Waals surface area contributed by atoms with Gasteiger partial charge in [0.05, 0.1) is 5.75 Å². The predicted molar refractivity (Wildman–Crippen MR) is 92.6 cm³/mol. The predicted octanol–water partition coefficient (Wildman–Crippen LogP) is 1.38. The van der Waals surface area contributed by atoms with Crippen LogP contribution < -0.4 is 0 Å². The Morgan fingerprint density at radius 2 is 2.00 bits per heavy atom. The molecule has 0 radical (unpaired) electrons. The van der Waals surface area contributed by atoms with Gasteiger partial charge in [0.15, 0.2) is 15.5 Å². The van der Waals surface area contributed by atoms with Crippen LogP contribution in [0.15, 0.2) is 35.9 Å². The van der Waals surface area contributed by atoms with Gasteiger partial charge in [0, 0.05) is 43.0 Å². The van der Waals surface area contributed by atoms with E-state index in [0.29, 0.717) is 13.1 Å². The number of rotatable bonds is 3. The Balaban J connectivity index is 1.37. The van der Waals surface area contributed by atoms with Gasteiger partial charge in [-0.25, -0.2) is 8.42 Å². The molecule has 1 amide bonds. The number of pyridine rings is 1. The van der Waals surface area contributed by atoms with Gasteiger partial charge in [0.2, 0.25) is 5.91 Å². The number of carbonyl (C=O) groups is 1. The van der Waals surface area contributed by atoms with Crippen LogP contribution in [0.2, 0.25) is 0 Å². The van der Waals surface area contributed by atoms with Crippen LogP contribution in [0.5, 0.6) is 0 Å². The molecule has 2 aliphatic heterocycles. The van der Waals surface area contributed by atoms with Gasteiger partial charge in [-0.1, -0.05) is 12.1 Å². The van der Waals surface area contributed by atoms with Crippen molar-refractivity contribution in [2.75, 3.05) is 18.8 Å². The third-order valence-corrected chi connectivity index (χ3v) is 6.46. The lowest BCUT2D eigenvalue weighted by Gasteiger charge is -2.31. The van der Waals surface area contributed by atoms with Gasteiger partial charge in [0.1, 0.15) is 5.82 Å². The Hall–Kier alpha value is -2.22. The van der Waals surface area contributed by atoms with E-state index in [0.717, 1.165) is 24.3 Å². The summed E-state index contributed by atoms with van der Waals surface area (Å²) in [6.07, 6.45) is 5.58. The molecule has 0 N–H and O–H groups in total. The number of fused-ring (bicyclic) bond motifs is 1. The third kappa shape index (κ3) is 3.30. The molecule has 0 saturated carbocycles. The summed E-state index contributed by atoms with van der Waals surface area (Å²) in [6, 6.07) is 5.83. The molecule has 0 aromatic carbocycles. The third-order valence-electron chi connectivity index (χ3n) is 4.99. The number of sulfone groups is 1. The van der Waals surface area contributed by atoms with Crippen LogP contribution in [0.1, 0.15) is 31.0 Å². The first kappa shape index (κ1) is 16.3. The molecule has 0 unspecified atom stereocenters. The molecule has 1 saturated heterocycles. The summed E-state index contributed by atoms with van der Waals surface area (Å²) in [4.78, 5) is 14.3. The van der Waals surface area contributed by atoms with Crippen LogP contribution in [0.4, 0.5) is 0 Å². The van der Waals surface area contributed by atoms with Crippen LogP contribution in [-0.4, -0.2) is 52.7 Å². The zero-order chi connectivity index (χ0) is 17.4. The second-order valence-electron chi connectivity index (χ2n) is 6.76. The number of piperidine rings is 1. The molecule has 7 nitrogen and oxygen atoms in total. The van der Waals surface area contributed by atoms with Crippen molar-refractivity contribution in [1.29, 1.82) is 0 Å². The Morgan fingerprint density at radius 1 is 1.20 bits per heavy atom. The van der Waals surface area contributed by atoms with Crippen LogP contribution in [-0.2, 0) is 14.6 Å². The number of aromatic nitrogens is 3. The highest BCUT2D eigenvalue weighted by molar-refractivity contribution is 7.94. The van der Waals surface area contributed by atoms with Gasteiger partial charge >= 0.3 is 0 Å². The maximum atomic E-state index is 12.4. The average molecular weight is 360 g/mol. The molecule has 2 aromatic rings. The summed E-state index contributed by atoms with van der Waals surface area (Å²) >= 11 is 0. The monoisotopic (exact) mass is 360 g/mol. The highest BCUT2D eigenvalue weighted by Crippen LogP contribution is 2.28. The van der Waals surface area contributed by atoms with E-state index in [1.807, 2.05) is 33.7 Å². The summed E-state index contributed by atoms with van der Waals surface area (Å²) in [6.45, 7) is 1.35. The fraction of sp³-hybridized carbons (Fsp3) is 0.471. The van der Waals surface area contributed by atoms with Gasteiger partial charge in [-0.2, -0.15) is 0 Å². The molecule has 0 spiro atoms. The highest BCUT2D eigenvalue weighted by atomic mass is 32.2. The van der Waals surface area contributed by atoms with Gasteiger partial charge in [0.25, 0.3) is 0 Å². The van der Waals surface area contributed by atoms with Gasteiger partial charge in [-0.15, -0.1) is 10.2 Å². The van der Waals surface area contributed by atoms with Crippen LogP contribution in [0, 0.1) is 5.92 Å². The zero-order valence-corrected chi connectivity index (χ0v) is 14.6. The maximum absolute atomic E-state index is 12.4. The maximum Gasteiger partial charge on any atom is 0.223 e. The second kappa shape index (κ2) is 6.25. The van der Waals surface area contributed by atoms with Crippen molar-refractivity contribution >= 4 is 21.4 Å². The molecule has 2 aromatic heterocycles. The molecule has 0 aliphatic carbocycles. The molecule has 132 valence electrons. The second-order valence-corrected chi connectivity index (χ2v) is 8.70. The van der Waals surface area contributed by atoms with Crippen molar-refractivity contribution in [3.63, 3.8) is 0 Å². The van der Waals surface area contributed by atoms with Crippen LogP contribution in [0.3, 0.4) is 0 Å². The van der Waals surface area contributed by atoms with Crippen molar-refractivity contribution in [1.82, 2.24) is 19.5 Å². The Kier molecular flexibility index (Phi) is 4.07. The van der Waals surface area contributed by atoms with Crippen molar-refractivity contribution in [3.05, 3.63) is 41.7 Å². The Labute approximate surface area is 146 Å². The molecule has 8 heteroatoms. The van der Waals surface area contributed by atoms with Crippen LogP contribution >= 0.6 is 0 Å². The number of hydrogen-bond donors (Lipinski definition) is 0. The van der Waals surface area contributed by atoms with Gasteiger partial charge < -0.3 is 4.90 Å². The molecule has 2 aliphatic rings. The number of carbonyl (C=O) groups excluding carboxylic acids is 1. The van der Waals surface area contributed by atoms with Crippen molar-refractivity contribution in [2.24, 2.45) is 5.92 Å². The summed E-state index contributed by atoms with van der Waals surface area (Å²) in [7, 11) is -3.10. The number of nitrogens with zero attached hydrogens (tertiary/aromatic N) is 4. The molecule has 25 heavy (non-hydrogen) atoms. The van der Waals surface area contributed by atoms with E-state index in [1.165, 1.54) is 5.41 Å². The molecule has 4 rings (SSSR count). The fourth-order valence-electron chi connectivity index (χ4n) is 3.65. The van der Waals surface area contributed by atoms with Crippen molar-refractivity contribution in [2.45, 2.75) is 25.2 Å². The largest absolute Gasteiger partial charge is 0.343 e. The summed E-state index contributed by atoms with van der Waals surface area (Å²) < 4.78 is 24.9. The van der Waals surface area contributed by atoms with Gasteiger partial charge in [-0.3, -0.25) is 9.20 Å². The molecule has 4 heterocycles. The normalized spacial score (nSPS) is 23.4. The molecule has 1 atom stereocenters. The Bertz CT molecular complexity index is 926. The number of likely N-dealkylation sites (tertiary alicyclic amines) is 1. The Morgan fingerprint density at radius 3 is 2.72 bits per heavy atom. The summed E-state index contributed by atoms with van der Waals surface area (Å²) in [5, 5.41) is 9.75. The highest BCUT2D eigenvalue weighted by Gasteiger charge is 2.29. The van der Waals surface area contributed by atoms with E-state index in [2.05, 4.69) is 10.2 Å². The van der Waals surface area contributed by atoms with E-state index in [9.17, 15) is 13.2 Å². The van der Waals surface area contributed by atoms with E-state index < -0.39 is 9.84 Å². The first-order valence-electron chi connectivity index (χ1n) is 8.50. The zero-order valence-electron chi connectivity index (χ0n) is 13.8. The first-order valence-corrected chi connectivity index (χ1v) is 10.2. The molecule has 1 fully saturated rings. The lowest BCUT2D eigenvalue weighted by molar-refractivity contribution is -0.132. The minimum Gasteiger partial charge on any atom is -0.343 e. The van der Waals surface area contributed by atoms with E-state index in [-0.39, 0.29) is 29.9 Å². The minimum absolute atomic E-state index is 0.0382. The molecule has 0 bridgehead atoms. The SMILES string of the molecule is O=C(C[C@@H]1C=CS(=O)(=O)C1)N1CCC(c2nnc3ccccn23)CC1. The van der Waals surface area contributed by atoms with E-state index in [4.69, 9.17) is 0 Å². The fourth-order valence-corrected chi connectivity index (χ4v) is 5.04. The lowest BCUT2D eigenvalue weighted by Crippen LogP contribution is -2.39.